The Morgan fingerprint density at radius 1 is 1.30 bits per heavy atom. The molecule has 1 amide bonds. The van der Waals surface area contributed by atoms with Gasteiger partial charge in [0, 0.05) is 51.7 Å². The Hall–Kier alpha value is -1.52. The number of hydrogen-bond acceptors (Lipinski definition) is 4. The first-order chi connectivity index (χ1) is 12.4. The molecule has 0 aliphatic rings. The number of nitrogens with zero attached hydrogens (tertiary/aromatic N) is 4. The van der Waals surface area contributed by atoms with Crippen molar-refractivity contribution in [3.63, 3.8) is 0 Å². The van der Waals surface area contributed by atoms with Crippen molar-refractivity contribution in [1.82, 2.24) is 25.3 Å². The number of nitrogens with one attached hydrogen (secondary N) is 2. The number of halogens is 1. The van der Waals surface area contributed by atoms with Crippen molar-refractivity contribution in [3.8, 4) is 0 Å². The van der Waals surface area contributed by atoms with E-state index in [0.717, 1.165) is 25.5 Å². The van der Waals surface area contributed by atoms with Crippen LogP contribution in [0.25, 0.3) is 0 Å². The lowest BCUT2D eigenvalue weighted by Crippen LogP contribution is -2.44. The lowest BCUT2D eigenvalue weighted by Gasteiger charge is -2.26. The number of rotatable bonds is 9. The molecule has 8 nitrogen and oxygen atoms in total. The predicted molar refractivity (Wildman–Crippen MR) is 120 cm³/mol. The van der Waals surface area contributed by atoms with Gasteiger partial charge in [-0.2, -0.15) is 5.10 Å². The van der Waals surface area contributed by atoms with Crippen LogP contribution in [0.3, 0.4) is 0 Å². The van der Waals surface area contributed by atoms with Crippen LogP contribution in [0.2, 0.25) is 0 Å². The van der Waals surface area contributed by atoms with E-state index >= 15 is 0 Å². The highest BCUT2D eigenvalue weighted by molar-refractivity contribution is 14.0. The molecule has 0 saturated heterocycles. The smallest absolute Gasteiger partial charge is 0.410 e. The highest BCUT2D eigenvalue weighted by Gasteiger charge is 2.20. The van der Waals surface area contributed by atoms with Gasteiger partial charge in [0.2, 0.25) is 0 Å². The number of carbonyl (C=O) groups is 1. The fraction of sp³-hybridized carbons (Fsp3) is 0.722. The first-order valence-corrected chi connectivity index (χ1v) is 9.33. The summed E-state index contributed by atoms with van der Waals surface area (Å²) in [4.78, 5) is 18.4. The van der Waals surface area contributed by atoms with Gasteiger partial charge in [0.25, 0.3) is 0 Å². The summed E-state index contributed by atoms with van der Waals surface area (Å²) >= 11 is 0. The monoisotopic (exact) mass is 494 g/mol. The van der Waals surface area contributed by atoms with Gasteiger partial charge in [0.1, 0.15) is 5.60 Å². The molecule has 0 aliphatic heterocycles. The van der Waals surface area contributed by atoms with Gasteiger partial charge in [-0.25, -0.2) is 4.79 Å². The minimum absolute atomic E-state index is 0. The molecule has 0 aliphatic carbocycles. The van der Waals surface area contributed by atoms with Crippen molar-refractivity contribution in [1.29, 1.82) is 0 Å². The third kappa shape index (κ3) is 11.7. The van der Waals surface area contributed by atoms with Crippen molar-refractivity contribution >= 4 is 36.0 Å². The molecule has 2 N–H and O–H groups in total. The van der Waals surface area contributed by atoms with Crippen LogP contribution in [-0.4, -0.2) is 65.1 Å². The number of guanidine groups is 1. The van der Waals surface area contributed by atoms with Crippen LogP contribution in [0.15, 0.2) is 23.5 Å². The minimum Gasteiger partial charge on any atom is -0.444 e. The van der Waals surface area contributed by atoms with E-state index in [-0.39, 0.29) is 30.1 Å². The van der Waals surface area contributed by atoms with Gasteiger partial charge in [-0.3, -0.25) is 9.67 Å². The second kappa shape index (κ2) is 13.6. The summed E-state index contributed by atoms with van der Waals surface area (Å²) in [7, 11) is 0. The molecule has 0 atom stereocenters. The minimum atomic E-state index is -0.483. The predicted octanol–water partition coefficient (Wildman–Crippen LogP) is 2.70. The van der Waals surface area contributed by atoms with E-state index < -0.39 is 5.60 Å². The number of carbonyl (C=O) groups excluding carboxylic acids is 1. The molecule has 0 bridgehead atoms. The van der Waals surface area contributed by atoms with Crippen molar-refractivity contribution in [2.45, 2.75) is 53.2 Å². The zero-order valence-electron chi connectivity index (χ0n) is 17.2. The van der Waals surface area contributed by atoms with Crippen LogP contribution in [0.5, 0.6) is 0 Å². The van der Waals surface area contributed by atoms with E-state index in [4.69, 9.17) is 4.74 Å². The second-order valence-corrected chi connectivity index (χ2v) is 6.87. The van der Waals surface area contributed by atoms with Crippen LogP contribution in [0, 0.1) is 0 Å². The Morgan fingerprint density at radius 2 is 2.04 bits per heavy atom. The van der Waals surface area contributed by atoms with Gasteiger partial charge in [-0.05, 0) is 47.1 Å². The van der Waals surface area contributed by atoms with Gasteiger partial charge < -0.3 is 20.3 Å². The average molecular weight is 494 g/mol. The Balaban J connectivity index is 0.00000676. The van der Waals surface area contributed by atoms with Crippen molar-refractivity contribution in [2.24, 2.45) is 4.99 Å². The molecule has 0 unspecified atom stereocenters. The van der Waals surface area contributed by atoms with Gasteiger partial charge >= 0.3 is 6.09 Å². The molecule has 9 heteroatoms. The van der Waals surface area contributed by atoms with Crippen molar-refractivity contribution in [2.75, 3.05) is 32.7 Å². The Labute approximate surface area is 180 Å². The number of aliphatic imine (C=N–C) groups is 1. The average Bonchev–Trinajstić information content (AvgIpc) is 3.07. The zero-order valence-corrected chi connectivity index (χ0v) is 19.5. The molecule has 0 saturated carbocycles. The SMILES string of the molecule is CCNC(=NCCCn1cccn1)NCCN(CC)C(=O)OC(C)(C)C.I. The largest absolute Gasteiger partial charge is 0.444 e. The molecule has 0 fully saturated rings. The van der Waals surface area contributed by atoms with Crippen LogP contribution in [0.4, 0.5) is 4.79 Å². The quantitative estimate of drug-likeness (QED) is 0.239. The fourth-order valence-corrected chi connectivity index (χ4v) is 2.21. The number of aromatic nitrogens is 2. The molecule has 0 aromatic carbocycles. The maximum absolute atomic E-state index is 12.1. The number of amides is 1. The molecule has 0 radical (unpaired) electrons. The summed E-state index contributed by atoms with van der Waals surface area (Å²) in [5, 5.41) is 10.7. The zero-order chi connectivity index (χ0) is 19.4. The molecule has 1 aromatic heterocycles. The van der Waals surface area contributed by atoms with Crippen LogP contribution >= 0.6 is 24.0 Å². The van der Waals surface area contributed by atoms with Gasteiger partial charge in [-0.15, -0.1) is 24.0 Å². The maximum atomic E-state index is 12.1. The summed E-state index contributed by atoms with van der Waals surface area (Å²) in [5.41, 5.74) is -0.483. The third-order valence-corrected chi connectivity index (χ3v) is 3.43. The van der Waals surface area contributed by atoms with E-state index in [1.807, 2.05) is 51.6 Å². The fourth-order valence-electron chi connectivity index (χ4n) is 2.21. The van der Waals surface area contributed by atoms with E-state index in [9.17, 15) is 4.79 Å². The lowest BCUT2D eigenvalue weighted by atomic mass is 10.2. The number of likely N-dealkylation sites (N-methyl/N-ethyl adjacent to an activating group) is 1. The first kappa shape index (κ1) is 25.5. The Bertz CT molecular complexity index is 543. The van der Waals surface area contributed by atoms with Crippen LogP contribution in [0.1, 0.15) is 41.0 Å². The molecular weight excluding hydrogens is 459 g/mol. The van der Waals surface area contributed by atoms with Crippen molar-refractivity contribution in [3.05, 3.63) is 18.5 Å². The first-order valence-electron chi connectivity index (χ1n) is 9.33. The normalized spacial score (nSPS) is 11.5. The summed E-state index contributed by atoms with van der Waals surface area (Å²) in [5.74, 6) is 0.758. The summed E-state index contributed by atoms with van der Waals surface area (Å²) in [6, 6.07) is 1.92. The van der Waals surface area contributed by atoms with E-state index in [1.165, 1.54) is 0 Å². The standard InChI is InChI=1S/C18H34N6O2.HI/c1-6-19-16(20-10-8-13-24-14-9-11-22-24)21-12-15-23(7-2)17(25)26-18(3,4)5;/h9,11,14H,6-8,10,12-13,15H2,1-5H3,(H2,19,20,21);1H. The topological polar surface area (TPSA) is 83.8 Å². The van der Waals surface area contributed by atoms with E-state index in [1.54, 1.807) is 11.1 Å². The molecule has 1 heterocycles. The maximum Gasteiger partial charge on any atom is 0.410 e. The summed E-state index contributed by atoms with van der Waals surface area (Å²) in [6.45, 7) is 13.7. The molecule has 0 spiro atoms. The van der Waals surface area contributed by atoms with Gasteiger partial charge in [0.05, 0.1) is 0 Å². The van der Waals surface area contributed by atoms with Crippen LogP contribution < -0.4 is 10.6 Å². The number of ether oxygens (including phenoxy) is 1. The number of aryl methyl sites for hydroxylation is 1. The Morgan fingerprint density at radius 3 is 2.59 bits per heavy atom. The number of hydrogen-bond donors (Lipinski definition) is 2. The van der Waals surface area contributed by atoms with Gasteiger partial charge in [-0.1, -0.05) is 0 Å². The molecular formula is C18H35IN6O2. The van der Waals surface area contributed by atoms with Crippen LogP contribution in [-0.2, 0) is 11.3 Å². The molecule has 27 heavy (non-hydrogen) atoms. The molecule has 156 valence electrons. The summed E-state index contributed by atoms with van der Waals surface area (Å²) in [6.07, 6.45) is 4.35. The third-order valence-electron chi connectivity index (χ3n) is 3.43. The Kier molecular flexibility index (Phi) is 12.9. The highest BCUT2D eigenvalue weighted by atomic mass is 127. The van der Waals surface area contributed by atoms with Gasteiger partial charge in [0.15, 0.2) is 5.96 Å². The lowest BCUT2D eigenvalue weighted by molar-refractivity contribution is 0.0264. The molecule has 1 rings (SSSR count). The highest BCUT2D eigenvalue weighted by Crippen LogP contribution is 2.09. The van der Waals surface area contributed by atoms with Crippen molar-refractivity contribution < 1.29 is 9.53 Å². The second-order valence-electron chi connectivity index (χ2n) is 6.87. The van der Waals surface area contributed by atoms with E-state index in [0.29, 0.717) is 26.2 Å². The molecule has 1 aromatic rings. The summed E-state index contributed by atoms with van der Waals surface area (Å²) < 4.78 is 7.31. The van der Waals surface area contributed by atoms with E-state index in [2.05, 4.69) is 20.7 Å².